The first kappa shape index (κ1) is 13.7. The Balaban J connectivity index is 3.54. The van der Waals surface area contributed by atoms with Crippen molar-refractivity contribution in [3.05, 3.63) is 12.2 Å². The maximum absolute atomic E-state index is 5.19. The lowest BCUT2D eigenvalue weighted by Gasteiger charge is -2.16. The zero-order valence-electron chi connectivity index (χ0n) is 10.5. The van der Waals surface area contributed by atoms with Gasteiger partial charge in [0.05, 0.1) is 6.10 Å². The van der Waals surface area contributed by atoms with E-state index in [1.165, 1.54) is 19.3 Å². The van der Waals surface area contributed by atoms with Gasteiger partial charge in [0.1, 0.15) is 0 Å². The molecule has 0 saturated carbocycles. The van der Waals surface area contributed by atoms with E-state index in [0.29, 0.717) is 11.5 Å². The highest BCUT2D eigenvalue weighted by Gasteiger charge is 2.08. The summed E-state index contributed by atoms with van der Waals surface area (Å²) >= 11 is 0. The number of hydrogen-bond donors (Lipinski definition) is 0. The van der Waals surface area contributed by atoms with Gasteiger partial charge in [0.25, 0.3) is 0 Å². The number of unbranched alkanes of at least 4 members (excludes halogenated alkanes) is 1. The van der Waals surface area contributed by atoms with Crippen LogP contribution in [-0.4, -0.2) is 13.2 Å². The summed E-state index contributed by atoms with van der Waals surface area (Å²) in [6.45, 7) is 8.92. The van der Waals surface area contributed by atoms with E-state index < -0.39 is 0 Å². The number of ether oxygens (including phenoxy) is 1. The van der Waals surface area contributed by atoms with Gasteiger partial charge in [0.15, 0.2) is 0 Å². The Hall–Kier alpha value is -0.300. The maximum atomic E-state index is 5.19. The minimum atomic E-state index is 0.368. The molecule has 0 saturated heterocycles. The number of allylic oxidation sites excluding steroid dienone is 2. The van der Waals surface area contributed by atoms with Crippen molar-refractivity contribution >= 4 is 0 Å². The van der Waals surface area contributed by atoms with Crippen molar-refractivity contribution in [2.45, 2.75) is 59.5 Å². The first-order chi connectivity index (χ1) is 6.52. The van der Waals surface area contributed by atoms with E-state index in [1.807, 2.05) is 0 Å². The molecule has 14 heavy (non-hydrogen) atoms. The fourth-order valence-corrected chi connectivity index (χ4v) is 1.16. The highest BCUT2D eigenvalue weighted by Crippen LogP contribution is 2.21. The molecule has 0 aliphatic carbocycles. The summed E-state index contributed by atoms with van der Waals surface area (Å²) in [5, 5.41) is 0. The molecule has 0 N–H and O–H groups in total. The Morgan fingerprint density at radius 3 is 2.50 bits per heavy atom. The number of hydrogen-bond acceptors (Lipinski definition) is 1. The lowest BCUT2D eigenvalue weighted by molar-refractivity contribution is 0.109. The summed E-state index contributed by atoms with van der Waals surface area (Å²) in [5.41, 5.74) is 0.368. The minimum Gasteiger partial charge on any atom is -0.382 e. The summed E-state index contributed by atoms with van der Waals surface area (Å²) in [7, 11) is 1.78. The van der Waals surface area contributed by atoms with Crippen LogP contribution in [0.1, 0.15) is 53.4 Å². The largest absolute Gasteiger partial charge is 0.382 e. The van der Waals surface area contributed by atoms with Crippen LogP contribution in [0.15, 0.2) is 12.2 Å². The smallest absolute Gasteiger partial charge is 0.0543 e. The second-order valence-electron chi connectivity index (χ2n) is 4.72. The Labute approximate surface area is 89.5 Å². The third-order valence-electron chi connectivity index (χ3n) is 2.86. The van der Waals surface area contributed by atoms with Gasteiger partial charge in [-0.05, 0) is 38.0 Å². The average Bonchev–Trinajstić information content (AvgIpc) is 2.17. The SMILES string of the molecule is CCC(C)(C)/C=C/CCCC(C)OC. The topological polar surface area (TPSA) is 9.23 Å². The van der Waals surface area contributed by atoms with Gasteiger partial charge in [-0.3, -0.25) is 0 Å². The van der Waals surface area contributed by atoms with E-state index in [9.17, 15) is 0 Å². The van der Waals surface area contributed by atoms with Crippen LogP contribution >= 0.6 is 0 Å². The molecule has 84 valence electrons. The summed E-state index contributed by atoms with van der Waals surface area (Å²) in [6.07, 6.45) is 9.83. The summed E-state index contributed by atoms with van der Waals surface area (Å²) in [6, 6.07) is 0. The molecule has 0 heterocycles. The van der Waals surface area contributed by atoms with Crippen molar-refractivity contribution in [3.8, 4) is 0 Å². The highest BCUT2D eigenvalue weighted by molar-refractivity contribution is 4.93. The normalized spacial score (nSPS) is 14.9. The predicted octanol–water partition coefficient (Wildman–Crippen LogP) is 4.18. The Morgan fingerprint density at radius 2 is 2.00 bits per heavy atom. The van der Waals surface area contributed by atoms with Crippen LogP contribution < -0.4 is 0 Å². The van der Waals surface area contributed by atoms with Crippen molar-refractivity contribution in [1.82, 2.24) is 0 Å². The average molecular weight is 198 g/mol. The number of rotatable bonds is 7. The molecular formula is C13H26O. The van der Waals surface area contributed by atoms with Crippen molar-refractivity contribution in [2.75, 3.05) is 7.11 Å². The predicted molar refractivity (Wildman–Crippen MR) is 63.5 cm³/mol. The van der Waals surface area contributed by atoms with Gasteiger partial charge >= 0.3 is 0 Å². The molecule has 0 amide bonds. The molecule has 0 aliphatic heterocycles. The van der Waals surface area contributed by atoms with Crippen LogP contribution in [0.4, 0.5) is 0 Å². The lowest BCUT2D eigenvalue weighted by atomic mass is 9.89. The summed E-state index contributed by atoms with van der Waals surface area (Å²) in [4.78, 5) is 0. The van der Waals surface area contributed by atoms with Crippen molar-refractivity contribution in [1.29, 1.82) is 0 Å². The zero-order valence-corrected chi connectivity index (χ0v) is 10.5. The van der Waals surface area contributed by atoms with Crippen LogP contribution in [0.5, 0.6) is 0 Å². The van der Waals surface area contributed by atoms with Gasteiger partial charge in [-0.25, -0.2) is 0 Å². The van der Waals surface area contributed by atoms with Crippen LogP contribution in [-0.2, 0) is 4.74 Å². The second-order valence-corrected chi connectivity index (χ2v) is 4.72. The van der Waals surface area contributed by atoms with Gasteiger partial charge < -0.3 is 4.74 Å². The molecule has 0 spiro atoms. The maximum Gasteiger partial charge on any atom is 0.0543 e. The highest BCUT2D eigenvalue weighted by atomic mass is 16.5. The van der Waals surface area contributed by atoms with Gasteiger partial charge in [0.2, 0.25) is 0 Å². The van der Waals surface area contributed by atoms with Crippen LogP contribution in [0.25, 0.3) is 0 Å². The molecule has 0 aliphatic rings. The van der Waals surface area contributed by atoms with Gasteiger partial charge in [-0.2, -0.15) is 0 Å². The van der Waals surface area contributed by atoms with Gasteiger partial charge in [0, 0.05) is 7.11 Å². The van der Waals surface area contributed by atoms with E-state index in [0.717, 1.165) is 6.42 Å². The molecular weight excluding hydrogens is 172 g/mol. The monoisotopic (exact) mass is 198 g/mol. The second kappa shape index (κ2) is 7.05. The molecule has 1 atom stereocenters. The molecule has 0 aromatic carbocycles. The molecule has 0 aromatic rings. The minimum absolute atomic E-state index is 0.368. The molecule has 1 heteroatoms. The molecule has 0 rings (SSSR count). The van der Waals surface area contributed by atoms with E-state index in [4.69, 9.17) is 4.74 Å². The van der Waals surface area contributed by atoms with Crippen molar-refractivity contribution < 1.29 is 4.74 Å². The van der Waals surface area contributed by atoms with Gasteiger partial charge in [-0.15, -0.1) is 0 Å². The summed E-state index contributed by atoms with van der Waals surface area (Å²) < 4.78 is 5.19. The Morgan fingerprint density at radius 1 is 1.36 bits per heavy atom. The van der Waals surface area contributed by atoms with Gasteiger partial charge in [-0.1, -0.05) is 32.9 Å². The lowest BCUT2D eigenvalue weighted by Crippen LogP contribution is -2.05. The van der Waals surface area contributed by atoms with Crippen LogP contribution in [0.3, 0.4) is 0 Å². The third kappa shape index (κ3) is 7.14. The molecule has 0 radical (unpaired) electrons. The molecule has 1 nitrogen and oxygen atoms in total. The van der Waals surface area contributed by atoms with E-state index in [2.05, 4.69) is 39.8 Å². The fourth-order valence-electron chi connectivity index (χ4n) is 1.16. The Kier molecular flexibility index (Phi) is 6.90. The first-order valence-corrected chi connectivity index (χ1v) is 5.72. The Bertz CT molecular complexity index is 159. The van der Waals surface area contributed by atoms with Crippen LogP contribution in [0.2, 0.25) is 0 Å². The zero-order chi connectivity index (χ0) is 11.0. The van der Waals surface area contributed by atoms with E-state index >= 15 is 0 Å². The summed E-state index contributed by atoms with van der Waals surface area (Å²) in [5.74, 6) is 0. The molecule has 0 bridgehead atoms. The van der Waals surface area contributed by atoms with E-state index in [-0.39, 0.29) is 0 Å². The van der Waals surface area contributed by atoms with Crippen molar-refractivity contribution in [2.24, 2.45) is 5.41 Å². The van der Waals surface area contributed by atoms with E-state index in [1.54, 1.807) is 7.11 Å². The molecule has 1 unspecified atom stereocenters. The van der Waals surface area contributed by atoms with Crippen molar-refractivity contribution in [3.63, 3.8) is 0 Å². The number of methoxy groups -OCH3 is 1. The molecule has 0 aromatic heterocycles. The standard InChI is InChI=1S/C13H26O/c1-6-13(3,4)11-9-7-8-10-12(2)14-5/h9,11-12H,6-8,10H2,1-5H3/b11-9+. The third-order valence-corrected chi connectivity index (χ3v) is 2.86. The van der Waals surface area contributed by atoms with Crippen LogP contribution in [0, 0.1) is 5.41 Å². The molecule has 0 fully saturated rings. The fraction of sp³-hybridized carbons (Fsp3) is 0.846. The first-order valence-electron chi connectivity index (χ1n) is 5.72. The quantitative estimate of drug-likeness (QED) is 0.440.